The number of anilines is 2. The number of aromatic nitrogens is 6. The van der Waals surface area contributed by atoms with E-state index >= 15 is 0 Å². The molecule has 3 aromatic heterocycles. The lowest BCUT2D eigenvalue weighted by atomic mass is 10.2. The molecule has 0 atom stereocenters. The van der Waals surface area contributed by atoms with Crippen molar-refractivity contribution < 1.29 is 0 Å². The first-order valence-electron chi connectivity index (χ1n) is 8.73. The second-order valence-corrected chi connectivity index (χ2v) is 7.03. The Morgan fingerprint density at radius 1 is 1.04 bits per heavy atom. The van der Waals surface area contributed by atoms with Gasteiger partial charge in [-0.25, -0.2) is 24.9 Å². The second kappa shape index (κ2) is 7.06. The fourth-order valence-electron chi connectivity index (χ4n) is 3.21. The van der Waals surface area contributed by atoms with Gasteiger partial charge in [-0.15, -0.1) is 0 Å². The number of fused-ring (bicyclic) bond motifs is 1. The van der Waals surface area contributed by atoms with Crippen molar-refractivity contribution >= 4 is 34.6 Å². The highest BCUT2D eigenvalue weighted by molar-refractivity contribution is 7.98. The zero-order valence-electron chi connectivity index (χ0n) is 15.3. The van der Waals surface area contributed by atoms with Crippen LogP contribution in [0, 0.1) is 0 Å². The van der Waals surface area contributed by atoms with Crippen LogP contribution in [0.5, 0.6) is 0 Å². The lowest BCUT2D eigenvalue weighted by Gasteiger charge is -2.36. The second-order valence-electron chi connectivity index (χ2n) is 6.26. The number of piperazine rings is 1. The molecule has 26 heavy (non-hydrogen) atoms. The van der Waals surface area contributed by atoms with Crippen LogP contribution in [-0.2, 0) is 13.5 Å². The van der Waals surface area contributed by atoms with E-state index < -0.39 is 0 Å². The quantitative estimate of drug-likeness (QED) is 0.508. The normalized spacial score (nSPS) is 15.0. The van der Waals surface area contributed by atoms with Crippen LogP contribution in [0.2, 0.25) is 0 Å². The molecule has 1 aliphatic rings. The van der Waals surface area contributed by atoms with Crippen LogP contribution in [0.3, 0.4) is 0 Å². The summed E-state index contributed by atoms with van der Waals surface area (Å²) in [7, 11) is 1.95. The van der Waals surface area contributed by atoms with Crippen molar-refractivity contribution in [2.75, 3.05) is 42.2 Å². The van der Waals surface area contributed by atoms with Crippen molar-refractivity contribution in [2.24, 2.45) is 7.05 Å². The monoisotopic (exact) mass is 370 g/mol. The summed E-state index contributed by atoms with van der Waals surface area (Å²) in [6.45, 7) is 5.67. The fraction of sp³-hybridized carbons (Fsp3) is 0.471. The van der Waals surface area contributed by atoms with Crippen molar-refractivity contribution in [1.82, 2.24) is 29.5 Å². The molecule has 4 rings (SSSR count). The third-order valence-corrected chi connectivity index (χ3v) is 5.22. The first-order chi connectivity index (χ1) is 12.7. The molecule has 0 aliphatic carbocycles. The van der Waals surface area contributed by atoms with E-state index in [0.29, 0.717) is 0 Å². The minimum atomic E-state index is 0.841. The van der Waals surface area contributed by atoms with Crippen LogP contribution < -0.4 is 9.80 Å². The van der Waals surface area contributed by atoms with Crippen molar-refractivity contribution in [2.45, 2.75) is 18.5 Å². The third-order valence-electron chi connectivity index (χ3n) is 4.67. The molecule has 1 aliphatic heterocycles. The van der Waals surface area contributed by atoms with Gasteiger partial charge in [0, 0.05) is 45.0 Å². The van der Waals surface area contributed by atoms with E-state index in [1.165, 1.54) is 0 Å². The molecule has 0 N–H and O–H groups in total. The maximum absolute atomic E-state index is 4.69. The highest BCUT2D eigenvalue weighted by Gasteiger charge is 2.22. The molecule has 1 fully saturated rings. The Hall–Kier alpha value is -2.42. The molecule has 4 heterocycles. The highest BCUT2D eigenvalue weighted by atomic mass is 32.2. The SMILES string of the molecule is CCc1cc(N2CCN(c3ncnc4c3ncn4C)CC2)nc(SC)n1. The Bertz CT molecular complexity index is 894. The summed E-state index contributed by atoms with van der Waals surface area (Å²) in [4.78, 5) is 27.1. The molecule has 0 amide bonds. The number of aryl methyl sites for hydroxylation is 2. The lowest BCUT2D eigenvalue weighted by Crippen LogP contribution is -2.47. The minimum absolute atomic E-state index is 0.841. The van der Waals surface area contributed by atoms with Gasteiger partial charge in [0.25, 0.3) is 0 Å². The average Bonchev–Trinajstić information content (AvgIpc) is 3.09. The first kappa shape index (κ1) is 17.0. The topological polar surface area (TPSA) is 75.9 Å². The first-order valence-corrected chi connectivity index (χ1v) is 9.96. The summed E-state index contributed by atoms with van der Waals surface area (Å²) in [6.07, 6.45) is 6.34. The Balaban J connectivity index is 1.54. The van der Waals surface area contributed by atoms with Crippen molar-refractivity contribution in [3.63, 3.8) is 0 Å². The van der Waals surface area contributed by atoms with E-state index in [-0.39, 0.29) is 0 Å². The fourth-order valence-corrected chi connectivity index (χ4v) is 3.60. The summed E-state index contributed by atoms with van der Waals surface area (Å²) < 4.78 is 1.92. The van der Waals surface area contributed by atoms with Crippen molar-refractivity contribution in [3.8, 4) is 0 Å². The van der Waals surface area contributed by atoms with Gasteiger partial charge in [-0.3, -0.25) is 0 Å². The van der Waals surface area contributed by atoms with Gasteiger partial charge in [0.15, 0.2) is 22.1 Å². The van der Waals surface area contributed by atoms with E-state index in [2.05, 4.69) is 42.7 Å². The van der Waals surface area contributed by atoms with Crippen LogP contribution in [0.15, 0.2) is 23.9 Å². The largest absolute Gasteiger partial charge is 0.353 e. The van der Waals surface area contributed by atoms with Crippen LogP contribution in [0.1, 0.15) is 12.6 Å². The van der Waals surface area contributed by atoms with Gasteiger partial charge in [0.1, 0.15) is 12.1 Å². The van der Waals surface area contributed by atoms with Crippen LogP contribution in [0.4, 0.5) is 11.6 Å². The summed E-state index contributed by atoms with van der Waals surface area (Å²) in [5, 5.41) is 0.841. The predicted molar refractivity (Wildman–Crippen MR) is 104 cm³/mol. The van der Waals surface area contributed by atoms with Crippen LogP contribution in [0.25, 0.3) is 11.2 Å². The maximum Gasteiger partial charge on any atom is 0.189 e. The lowest BCUT2D eigenvalue weighted by molar-refractivity contribution is 0.637. The zero-order chi connectivity index (χ0) is 18.1. The molecule has 0 bridgehead atoms. The summed E-state index contributed by atoms with van der Waals surface area (Å²) in [6, 6.07) is 2.11. The average molecular weight is 370 g/mol. The van der Waals surface area contributed by atoms with Crippen LogP contribution >= 0.6 is 11.8 Å². The standard InChI is InChI=1S/C17H22N8S/c1-4-12-9-13(22-17(21-12)26-3)24-5-7-25(8-6-24)16-14-15(18-10-19-16)23(2)11-20-14/h9-11H,4-8H2,1-3H3. The molecule has 136 valence electrons. The molecule has 0 unspecified atom stereocenters. The van der Waals surface area contributed by atoms with Crippen molar-refractivity contribution in [3.05, 3.63) is 24.4 Å². The predicted octanol–water partition coefficient (Wildman–Crippen LogP) is 1.76. The van der Waals surface area contributed by atoms with E-state index in [1.54, 1.807) is 24.4 Å². The Labute approximate surface area is 156 Å². The van der Waals surface area contributed by atoms with Crippen molar-refractivity contribution in [1.29, 1.82) is 0 Å². The number of thioether (sulfide) groups is 1. The molecular formula is C17H22N8S. The number of hydrogen-bond donors (Lipinski definition) is 0. The van der Waals surface area contributed by atoms with E-state index in [1.807, 2.05) is 17.9 Å². The van der Waals surface area contributed by atoms with Gasteiger partial charge < -0.3 is 14.4 Å². The minimum Gasteiger partial charge on any atom is -0.353 e. The molecule has 0 saturated carbocycles. The molecule has 3 aromatic rings. The smallest absolute Gasteiger partial charge is 0.189 e. The Kier molecular flexibility index (Phi) is 4.62. The Morgan fingerprint density at radius 3 is 2.54 bits per heavy atom. The van der Waals surface area contributed by atoms with Gasteiger partial charge in [0.05, 0.1) is 6.33 Å². The molecule has 8 nitrogen and oxygen atoms in total. The Morgan fingerprint density at radius 2 is 1.81 bits per heavy atom. The molecule has 9 heteroatoms. The zero-order valence-corrected chi connectivity index (χ0v) is 16.1. The molecule has 1 saturated heterocycles. The number of nitrogens with zero attached hydrogens (tertiary/aromatic N) is 8. The molecular weight excluding hydrogens is 348 g/mol. The van der Waals surface area contributed by atoms with Crippen LogP contribution in [-0.4, -0.2) is 61.9 Å². The molecule has 0 radical (unpaired) electrons. The number of rotatable bonds is 4. The van der Waals surface area contributed by atoms with E-state index in [9.17, 15) is 0 Å². The maximum atomic E-state index is 4.69. The summed E-state index contributed by atoms with van der Waals surface area (Å²) >= 11 is 1.59. The summed E-state index contributed by atoms with van der Waals surface area (Å²) in [5.74, 6) is 1.93. The van der Waals surface area contributed by atoms with E-state index in [0.717, 1.165) is 66.2 Å². The van der Waals surface area contributed by atoms with Gasteiger partial charge in [0.2, 0.25) is 0 Å². The highest BCUT2D eigenvalue weighted by Crippen LogP contribution is 2.24. The van der Waals surface area contributed by atoms with Gasteiger partial charge in [-0.2, -0.15) is 0 Å². The van der Waals surface area contributed by atoms with Gasteiger partial charge in [-0.05, 0) is 12.7 Å². The third kappa shape index (κ3) is 3.07. The number of hydrogen-bond acceptors (Lipinski definition) is 8. The molecule has 0 aromatic carbocycles. The number of imidazole rings is 1. The summed E-state index contributed by atoms with van der Waals surface area (Å²) in [5.41, 5.74) is 2.82. The van der Waals surface area contributed by atoms with Gasteiger partial charge >= 0.3 is 0 Å². The molecule has 0 spiro atoms. The van der Waals surface area contributed by atoms with Gasteiger partial charge in [-0.1, -0.05) is 18.7 Å². The van der Waals surface area contributed by atoms with E-state index in [4.69, 9.17) is 4.98 Å².